The Morgan fingerprint density at radius 2 is 1.92 bits per heavy atom. The molecule has 0 radical (unpaired) electrons. The van der Waals surface area contributed by atoms with Crippen molar-refractivity contribution in [2.24, 2.45) is 0 Å². The van der Waals surface area contributed by atoms with Crippen LogP contribution in [0, 0.1) is 13.8 Å². The highest BCUT2D eigenvalue weighted by Crippen LogP contribution is 2.34. The van der Waals surface area contributed by atoms with Crippen molar-refractivity contribution < 1.29 is 8.42 Å². The van der Waals surface area contributed by atoms with Crippen LogP contribution in [0.4, 0.5) is 0 Å². The van der Waals surface area contributed by atoms with Gasteiger partial charge in [-0.15, -0.1) is 0 Å². The molecule has 1 fully saturated rings. The second-order valence-electron chi connectivity index (χ2n) is 6.57. The number of aryl methyl sites for hydroxylation is 2. The number of piperidine rings is 1. The van der Waals surface area contributed by atoms with Crippen molar-refractivity contribution in [3.05, 3.63) is 29.3 Å². The van der Waals surface area contributed by atoms with Crippen LogP contribution in [-0.4, -0.2) is 57.8 Å². The minimum absolute atomic E-state index is 0.276. The van der Waals surface area contributed by atoms with E-state index in [-0.39, 0.29) is 6.04 Å². The highest BCUT2D eigenvalue weighted by molar-refractivity contribution is 7.86. The maximum atomic E-state index is 12.7. The number of aromatic amines is 1. The van der Waals surface area contributed by atoms with Crippen molar-refractivity contribution in [2.75, 3.05) is 20.6 Å². The average molecular weight is 364 g/mol. The smallest absolute Gasteiger partial charge is 0.282 e. The molecule has 1 aliphatic rings. The molecule has 3 rings (SSSR count). The molecule has 3 heterocycles. The molecular formula is C16H24N6O2S. The number of nitrogens with one attached hydrogen (secondary N) is 1. The Morgan fingerprint density at radius 3 is 2.56 bits per heavy atom. The molecule has 0 aliphatic carbocycles. The van der Waals surface area contributed by atoms with Crippen LogP contribution in [0.1, 0.15) is 42.5 Å². The van der Waals surface area contributed by atoms with Crippen molar-refractivity contribution in [3.8, 4) is 11.4 Å². The van der Waals surface area contributed by atoms with Crippen LogP contribution in [-0.2, 0) is 10.2 Å². The van der Waals surface area contributed by atoms with Gasteiger partial charge in [-0.3, -0.25) is 5.10 Å². The van der Waals surface area contributed by atoms with Crippen LogP contribution in [0.5, 0.6) is 0 Å². The third-order valence-corrected chi connectivity index (χ3v) is 6.33. The van der Waals surface area contributed by atoms with Gasteiger partial charge in [0.25, 0.3) is 10.2 Å². The summed E-state index contributed by atoms with van der Waals surface area (Å²) in [6, 6.07) is 3.50. The fourth-order valence-electron chi connectivity index (χ4n) is 3.13. The summed E-state index contributed by atoms with van der Waals surface area (Å²) in [5.41, 5.74) is 3.12. The molecule has 1 N–H and O–H groups in total. The second-order valence-corrected chi connectivity index (χ2v) is 8.67. The van der Waals surface area contributed by atoms with Gasteiger partial charge in [-0.25, -0.2) is 9.97 Å². The first kappa shape index (κ1) is 18.0. The van der Waals surface area contributed by atoms with Crippen molar-refractivity contribution in [1.82, 2.24) is 28.8 Å². The summed E-state index contributed by atoms with van der Waals surface area (Å²) in [5, 5.41) is 7.16. The van der Waals surface area contributed by atoms with Gasteiger partial charge in [0.15, 0.2) is 0 Å². The van der Waals surface area contributed by atoms with E-state index in [1.54, 1.807) is 18.4 Å². The molecule has 2 aromatic rings. The van der Waals surface area contributed by atoms with Crippen LogP contribution in [0.15, 0.2) is 12.1 Å². The summed E-state index contributed by atoms with van der Waals surface area (Å²) in [4.78, 5) is 9.00. The molecule has 1 atom stereocenters. The van der Waals surface area contributed by atoms with Gasteiger partial charge in [0.05, 0.1) is 17.4 Å². The van der Waals surface area contributed by atoms with Gasteiger partial charge in [-0.2, -0.15) is 22.1 Å². The molecule has 0 saturated carbocycles. The van der Waals surface area contributed by atoms with Gasteiger partial charge in [-0.1, -0.05) is 6.42 Å². The Labute approximate surface area is 148 Å². The zero-order valence-electron chi connectivity index (χ0n) is 15.0. The molecule has 2 aromatic heterocycles. The van der Waals surface area contributed by atoms with Crippen molar-refractivity contribution >= 4 is 10.2 Å². The Balaban J connectivity index is 2.03. The fraction of sp³-hybridized carbons (Fsp3) is 0.562. The molecule has 0 spiro atoms. The lowest BCUT2D eigenvalue weighted by atomic mass is 10.0. The highest BCUT2D eigenvalue weighted by atomic mass is 32.2. The summed E-state index contributed by atoms with van der Waals surface area (Å²) in [6.45, 7) is 4.25. The molecule has 0 aromatic carbocycles. The molecule has 25 heavy (non-hydrogen) atoms. The number of H-pyrrole nitrogens is 1. The van der Waals surface area contributed by atoms with Crippen molar-refractivity contribution in [3.63, 3.8) is 0 Å². The van der Waals surface area contributed by atoms with Crippen LogP contribution in [0.25, 0.3) is 11.4 Å². The van der Waals surface area contributed by atoms with Crippen molar-refractivity contribution in [2.45, 2.75) is 39.2 Å². The lowest BCUT2D eigenvalue weighted by Gasteiger charge is -2.35. The van der Waals surface area contributed by atoms with E-state index in [0.29, 0.717) is 18.1 Å². The molecule has 0 amide bonds. The van der Waals surface area contributed by atoms with Gasteiger partial charge in [-0.05, 0) is 38.8 Å². The lowest BCUT2D eigenvalue weighted by molar-refractivity contribution is 0.238. The maximum Gasteiger partial charge on any atom is 0.282 e. The van der Waals surface area contributed by atoms with E-state index in [1.165, 1.54) is 4.31 Å². The topological polar surface area (TPSA) is 95.1 Å². The molecule has 8 nitrogen and oxygen atoms in total. The molecule has 1 unspecified atom stereocenters. The van der Waals surface area contributed by atoms with E-state index in [1.807, 2.05) is 26.0 Å². The van der Waals surface area contributed by atoms with Crippen LogP contribution in [0.2, 0.25) is 0 Å². The van der Waals surface area contributed by atoms with Crippen LogP contribution < -0.4 is 0 Å². The number of hydrogen-bond acceptors (Lipinski definition) is 5. The van der Waals surface area contributed by atoms with Crippen LogP contribution >= 0.6 is 0 Å². The van der Waals surface area contributed by atoms with Crippen LogP contribution in [0.3, 0.4) is 0 Å². The summed E-state index contributed by atoms with van der Waals surface area (Å²) < 4.78 is 28.2. The summed E-state index contributed by atoms with van der Waals surface area (Å²) >= 11 is 0. The normalized spacial score (nSPS) is 19.5. The Morgan fingerprint density at radius 1 is 1.16 bits per heavy atom. The number of nitrogens with zero attached hydrogens (tertiary/aromatic N) is 5. The summed E-state index contributed by atoms with van der Waals surface area (Å²) in [6.07, 6.45) is 2.59. The minimum Gasteiger partial charge on any atom is -0.282 e. The number of hydrogen-bond donors (Lipinski definition) is 1. The molecule has 136 valence electrons. The Bertz CT molecular complexity index is 861. The largest absolute Gasteiger partial charge is 0.282 e. The SMILES string of the molecule is Cc1nc(-c2cc(C)[nH]n2)cc(C2CCCCN2S(=O)(=O)N(C)C)n1. The first-order valence-corrected chi connectivity index (χ1v) is 9.76. The molecular weight excluding hydrogens is 340 g/mol. The highest BCUT2D eigenvalue weighted by Gasteiger charge is 2.35. The standard InChI is InChI=1S/C16H24N6O2S/c1-11-9-14(20-19-11)13-10-15(18-12(2)17-13)16-7-5-6-8-22(16)25(23,24)21(3)4/h9-10,16H,5-8H2,1-4H3,(H,19,20). The first-order chi connectivity index (χ1) is 11.8. The average Bonchev–Trinajstić information content (AvgIpc) is 3.00. The Hall–Kier alpha value is -1.84. The first-order valence-electron chi connectivity index (χ1n) is 8.36. The summed E-state index contributed by atoms with van der Waals surface area (Å²) in [5.74, 6) is 0.612. The zero-order valence-corrected chi connectivity index (χ0v) is 15.8. The Kier molecular flexibility index (Phi) is 4.90. The van der Waals surface area contributed by atoms with Crippen molar-refractivity contribution in [1.29, 1.82) is 0 Å². The summed E-state index contributed by atoms with van der Waals surface area (Å²) in [7, 11) is -0.380. The lowest BCUT2D eigenvalue weighted by Crippen LogP contribution is -2.44. The number of aromatic nitrogens is 4. The van der Waals surface area contributed by atoms with E-state index in [2.05, 4.69) is 20.2 Å². The monoisotopic (exact) mass is 364 g/mol. The van der Waals surface area contributed by atoms with E-state index >= 15 is 0 Å². The molecule has 0 bridgehead atoms. The van der Waals surface area contributed by atoms with Gasteiger partial charge >= 0.3 is 0 Å². The molecule has 9 heteroatoms. The molecule has 1 saturated heterocycles. The second kappa shape index (κ2) is 6.81. The zero-order chi connectivity index (χ0) is 18.2. The van der Waals surface area contributed by atoms with E-state index < -0.39 is 10.2 Å². The third kappa shape index (κ3) is 3.58. The van der Waals surface area contributed by atoms with E-state index in [9.17, 15) is 8.42 Å². The van der Waals surface area contributed by atoms with Gasteiger partial charge in [0.2, 0.25) is 0 Å². The van der Waals surface area contributed by atoms with E-state index in [4.69, 9.17) is 0 Å². The quantitative estimate of drug-likeness (QED) is 0.893. The minimum atomic E-state index is -3.50. The number of rotatable bonds is 4. The predicted octanol–water partition coefficient (Wildman–Crippen LogP) is 1.82. The van der Waals surface area contributed by atoms with E-state index in [0.717, 1.165) is 36.3 Å². The van der Waals surface area contributed by atoms with Gasteiger partial charge in [0, 0.05) is 26.3 Å². The third-order valence-electron chi connectivity index (χ3n) is 4.38. The molecule has 1 aliphatic heterocycles. The van der Waals surface area contributed by atoms with Gasteiger partial charge < -0.3 is 0 Å². The maximum absolute atomic E-state index is 12.7. The fourth-order valence-corrected chi connectivity index (χ4v) is 4.44. The predicted molar refractivity (Wildman–Crippen MR) is 95.0 cm³/mol. The van der Waals surface area contributed by atoms with Gasteiger partial charge in [0.1, 0.15) is 11.5 Å².